The first-order valence-electron chi connectivity index (χ1n) is 9.12. The molecule has 0 radical (unpaired) electrons. The summed E-state index contributed by atoms with van der Waals surface area (Å²) in [6.45, 7) is -0.847. The number of hydrogen-bond acceptors (Lipinski definition) is 6. The molecule has 32 heavy (non-hydrogen) atoms. The Kier molecular flexibility index (Phi) is 6.84. The Balaban J connectivity index is 1.70. The molecule has 0 aliphatic heterocycles. The third-order valence-electron chi connectivity index (χ3n) is 4.29. The lowest BCUT2D eigenvalue weighted by atomic mass is 10.1. The van der Waals surface area contributed by atoms with E-state index in [1.807, 2.05) is 0 Å². The van der Waals surface area contributed by atoms with Gasteiger partial charge in [0.1, 0.15) is 17.4 Å². The Labute approximate surface area is 182 Å². The number of nitrogens with one attached hydrogen (secondary N) is 1. The SMILES string of the molecule is COc1ccc(NS(=O)(=O)c2cccc(C(=O)OCC(=O)c3cc(F)ccc3F)c2)cc1. The fourth-order valence-corrected chi connectivity index (χ4v) is 3.77. The van der Waals surface area contributed by atoms with E-state index in [2.05, 4.69) is 4.72 Å². The number of halogens is 2. The average molecular weight is 461 g/mol. The van der Waals surface area contributed by atoms with Crippen LogP contribution in [0, 0.1) is 11.6 Å². The smallest absolute Gasteiger partial charge is 0.338 e. The molecule has 3 aromatic rings. The van der Waals surface area contributed by atoms with E-state index in [1.54, 1.807) is 12.1 Å². The highest BCUT2D eigenvalue weighted by Gasteiger charge is 2.19. The van der Waals surface area contributed by atoms with Gasteiger partial charge in [0, 0.05) is 5.69 Å². The van der Waals surface area contributed by atoms with E-state index in [4.69, 9.17) is 9.47 Å². The maximum Gasteiger partial charge on any atom is 0.338 e. The van der Waals surface area contributed by atoms with E-state index in [0.29, 0.717) is 11.8 Å². The zero-order chi connectivity index (χ0) is 23.3. The van der Waals surface area contributed by atoms with Gasteiger partial charge in [-0.05, 0) is 60.7 Å². The molecule has 1 N–H and O–H groups in total. The van der Waals surface area contributed by atoms with Crippen LogP contribution in [0.5, 0.6) is 5.75 Å². The maximum absolute atomic E-state index is 13.7. The van der Waals surface area contributed by atoms with Crippen LogP contribution in [0.3, 0.4) is 0 Å². The number of ketones is 1. The molecule has 0 amide bonds. The highest BCUT2D eigenvalue weighted by Crippen LogP contribution is 2.20. The first-order chi connectivity index (χ1) is 15.2. The lowest BCUT2D eigenvalue weighted by Crippen LogP contribution is -2.17. The molecule has 166 valence electrons. The van der Waals surface area contributed by atoms with E-state index in [0.717, 1.165) is 18.2 Å². The summed E-state index contributed by atoms with van der Waals surface area (Å²) < 4.78 is 64.4. The highest BCUT2D eigenvalue weighted by atomic mass is 32.2. The molecule has 0 atom stereocenters. The second kappa shape index (κ2) is 9.56. The number of hydrogen-bond donors (Lipinski definition) is 1. The van der Waals surface area contributed by atoms with Crippen molar-refractivity contribution in [2.45, 2.75) is 4.90 Å². The van der Waals surface area contributed by atoms with Crippen molar-refractivity contribution in [3.05, 3.63) is 89.5 Å². The lowest BCUT2D eigenvalue weighted by molar-refractivity contribution is 0.0473. The molecule has 0 heterocycles. The fraction of sp³-hybridized carbons (Fsp3) is 0.0909. The largest absolute Gasteiger partial charge is 0.497 e. The third-order valence-corrected chi connectivity index (χ3v) is 5.66. The van der Waals surface area contributed by atoms with E-state index in [9.17, 15) is 26.8 Å². The van der Waals surface area contributed by atoms with Gasteiger partial charge < -0.3 is 9.47 Å². The lowest BCUT2D eigenvalue weighted by Gasteiger charge is -2.10. The Morgan fingerprint density at radius 3 is 2.38 bits per heavy atom. The predicted molar refractivity (Wildman–Crippen MR) is 111 cm³/mol. The molecule has 0 unspecified atom stereocenters. The first-order valence-corrected chi connectivity index (χ1v) is 10.6. The summed E-state index contributed by atoms with van der Waals surface area (Å²) in [6.07, 6.45) is 0. The number of rotatable bonds is 8. The van der Waals surface area contributed by atoms with Gasteiger partial charge in [0.15, 0.2) is 6.61 Å². The second-order valence-corrected chi connectivity index (χ2v) is 8.17. The van der Waals surface area contributed by atoms with Crippen LogP contribution in [-0.2, 0) is 14.8 Å². The van der Waals surface area contributed by atoms with E-state index in [-0.39, 0.29) is 16.1 Å². The Bertz CT molecular complexity index is 1260. The molecule has 3 aromatic carbocycles. The molecule has 0 bridgehead atoms. The summed E-state index contributed by atoms with van der Waals surface area (Å²) in [5, 5.41) is 0. The summed E-state index contributed by atoms with van der Waals surface area (Å²) in [4.78, 5) is 24.1. The number of carbonyl (C=O) groups excluding carboxylic acids is 2. The van der Waals surface area contributed by atoms with Crippen molar-refractivity contribution in [1.82, 2.24) is 0 Å². The maximum atomic E-state index is 13.7. The first kappa shape index (κ1) is 22.9. The molecule has 3 rings (SSSR count). The zero-order valence-corrected chi connectivity index (χ0v) is 17.5. The van der Waals surface area contributed by atoms with Crippen LogP contribution in [-0.4, -0.2) is 33.9 Å². The summed E-state index contributed by atoms with van der Waals surface area (Å²) in [5.74, 6) is -3.17. The van der Waals surface area contributed by atoms with Crippen molar-refractivity contribution < 1.29 is 36.3 Å². The van der Waals surface area contributed by atoms with Gasteiger partial charge in [0.2, 0.25) is 5.78 Å². The quantitative estimate of drug-likeness (QED) is 0.405. The van der Waals surface area contributed by atoms with E-state index < -0.39 is 45.6 Å². The number of carbonyl (C=O) groups is 2. The Morgan fingerprint density at radius 2 is 1.69 bits per heavy atom. The van der Waals surface area contributed by atoms with Gasteiger partial charge in [-0.2, -0.15) is 0 Å². The number of ether oxygens (including phenoxy) is 2. The van der Waals surface area contributed by atoms with Crippen molar-refractivity contribution in [3.63, 3.8) is 0 Å². The monoisotopic (exact) mass is 461 g/mol. The van der Waals surface area contributed by atoms with Crippen LogP contribution in [0.2, 0.25) is 0 Å². The van der Waals surface area contributed by atoms with Gasteiger partial charge in [-0.3, -0.25) is 9.52 Å². The standard InChI is InChI=1S/C22H17F2NO6S/c1-30-17-8-6-16(7-9-17)25-32(28,29)18-4-2-3-14(11-18)22(27)31-13-21(26)19-12-15(23)5-10-20(19)24/h2-12,25H,13H2,1H3. The van der Waals surface area contributed by atoms with E-state index in [1.165, 1.54) is 37.4 Å². The number of esters is 1. The van der Waals surface area contributed by atoms with Crippen molar-refractivity contribution >= 4 is 27.5 Å². The van der Waals surface area contributed by atoms with Crippen LogP contribution in [0.25, 0.3) is 0 Å². The van der Waals surface area contributed by atoms with Crippen LogP contribution < -0.4 is 9.46 Å². The topological polar surface area (TPSA) is 98.8 Å². The molecule has 10 heteroatoms. The summed E-state index contributed by atoms with van der Waals surface area (Å²) in [5.41, 5.74) is -0.422. The van der Waals surface area contributed by atoms with Crippen LogP contribution in [0.4, 0.5) is 14.5 Å². The number of benzene rings is 3. The van der Waals surface area contributed by atoms with Crippen molar-refractivity contribution in [1.29, 1.82) is 0 Å². The molecule has 0 aromatic heterocycles. The summed E-state index contributed by atoms with van der Waals surface area (Å²) >= 11 is 0. The second-order valence-electron chi connectivity index (χ2n) is 6.49. The molecule has 0 saturated heterocycles. The van der Waals surface area contributed by atoms with Crippen LogP contribution in [0.1, 0.15) is 20.7 Å². The van der Waals surface area contributed by atoms with Gasteiger partial charge in [-0.1, -0.05) is 6.07 Å². The van der Waals surface area contributed by atoms with Crippen LogP contribution >= 0.6 is 0 Å². The minimum atomic E-state index is -4.03. The Morgan fingerprint density at radius 1 is 0.969 bits per heavy atom. The van der Waals surface area contributed by atoms with Gasteiger partial charge in [-0.15, -0.1) is 0 Å². The molecule has 0 fully saturated rings. The van der Waals surface area contributed by atoms with Gasteiger partial charge >= 0.3 is 5.97 Å². The fourth-order valence-electron chi connectivity index (χ4n) is 2.67. The molecule has 0 saturated carbocycles. The van der Waals surface area contributed by atoms with Gasteiger partial charge in [-0.25, -0.2) is 22.0 Å². The zero-order valence-electron chi connectivity index (χ0n) is 16.7. The minimum Gasteiger partial charge on any atom is -0.497 e. The predicted octanol–water partition coefficient (Wildman–Crippen LogP) is 3.81. The number of Topliss-reactive ketones (excluding diaryl/α,β-unsaturated/α-hetero) is 1. The van der Waals surface area contributed by atoms with E-state index >= 15 is 0 Å². The minimum absolute atomic E-state index is 0.143. The third kappa shape index (κ3) is 5.46. The van der Waals surface area contributed by atoms with Crippen molar-refractivity contribution in [3.8, 4) is 5.75 Å². The molecule has 0 aliphatic rings. The molecule has 0 spiro atoms. The Hall–Kier alpha value is -3.79. The van der Waals surface area contributed by atoms with Crippen LogP contribution in [0.15, 0.2) is 71.6 Å². The summed E-state index contributed by atoms with van der Waals surface area (Å²) in [7, 11) is -2.55. The molecular weight excluding hydrogens is 444 g/mol. The van der Waals surface area contributed by atoms with Crippen molar-refractivity contribution in [2.24, 2.45) is 0 Å². The van der Waals surface area contributed by atoms with Gasteiger partial charge in [0.05, 0.1) is 23.1 Å². The number of methoxy groups -OCH3 is 1. The summed E-state index contributed by atoms with van der Waals surface area (Å²) in [6, 6.07) is 13.5. The highest BCUT2D eigenvalue weighted by molar-refractivity contribution is 7.92. The average Bonchev–Trinajstić information content (AvgIpc) is 2.79. The normalized spacial score (nSPS) is 11.0. The van der Waals surface area contributed by atoms with Crippen molar-refractivity contribution in [2.75, 3.05) is 18.4 Å². The molecule has 7 nitrogen and oxygen atoms in total. The van der Waals surface area contributed by atoms with Gasteiger partial charge in [0.25, 0.3) is 10.0 Å². The number of sulfonamides is 1. The molecule has 0 aliphatic carbocycles. The number of anilines is 1. The molecular formula is C22H17F2NO6S.